The van der Waals surface area contributed by atoms with Gasteiger partial charge in [0.15, 0.2) is 5.82 Å². The van der Waals surface area contributed by atoms with Gasteiger partial charge < -0.3 is 10.1 Å². The molecular weight excluding hydrogens is 270 g/mol. The van der Waals surface area contributed by atoms with Crippen LogP contribution in [0, 0.1) is 13.8 Å². The summed E-state index contributed by atoms with van der Waals surface area (Å²) in [7, 11) is 0. The number of benzene rings is 1. The first kappa shape index (κ1) is 15.1. The third-order valence-electron chi connectivity index (χ3n) is 3.13. The van der Waals surface area contributed by atoms with Crippen LogP contribution in [0.15, 0.2) is 12.1 Å². The Bertz CT molecular complexity index is 601. The molecule has 112 valence electrons. The van der Waals surface area contributed by atoms with Crippen molar-refractivity contribution in [3.63, 3.8) is 0 Å². The highest BCUT2D eigenvalue weighted by atomic mass is 16.5. The Morgan fingerprint density at radius 1 is 1.38 bits per heavy atom. The van der Waals surface area contributed by atoms with E-state index in [2.05, 4.69) is 25.9 Å². The van der Waals surface area contributed by atoms with E-state index in [1.807, 2.05) is 32.9 Å². The minimum Gasteiger partial charge on any atom is -0.426 e. The number of aromatic amines is 1. The fourth-order valence-corrected chi connectivity index (χ4v) is 2.16. The predicted octanol–water partition coefficient (Wildman–Crippen LogP) is 1.59. The van der Waals surface area contributed by atoms with Gasteiger partial charge in [-0.15, -0.1) is 10.2 Å². The molecule has 0 aliphatic heterocycles. The Morgan fingerprint density at radius 3 is 2.57 bits per heavy atom. The quantitative estimate of drug-likeness (QED) is 0.641. The molecule has 0 saturated carbocycles. The van der Waals surface area contributed by atoms with Crippen molar-refractivity contribution in [2.45, 2.75) is 40.3 Å². The zero-order valence-corrected chi connectivity index (χ0v) is 12.6. The lowest BCUT2D eigenvalue weighted by Gasteiger charge is -2.14. The summed E-state index contributed by atoms with van der Waals surface area (Å²) in [6.45, 7) is 7.89. The molecule has 2 aromatic rings. The van der Waals surface area contributed by atoms with E-state index in [0.29, 0.717) is 18.1 Å². The lowest BCUT2D eigenvalue weighted by Crippen LogP contribution is -2.19. The van der Waals surface area contributed by atoms with Crippen molar-refractivity contribution in [3.05, 3.63) is 34.6 Å². The molecule has 1 aromatic heterocycles. The highest BCUT2D eigenvalue weighted by molar-refractivity contribution is 5.70. The Hall–Kier alpha value is -2.28. The van der Waals surface area contributed by atoms with Gasteiger partial charge in [-0.25, -0.2) is 0 Å². The standard InChI is InChI=1S/C14H19N5O2/c1-8-5-12(6-9(2)13(8)21-11(4)20)7-15-10(3)14-16-18-19-17-14/h5-6,10,15H,7H2,1-4H3,(H,16,17,18,19)/t10-/m0/s1. The molecule has 0 aliphatic rings. The number of nitrogens with one attached hydrogen (secondary N) is 2. The molecule has 0 bridgehead atoms. The highest BCUT2D eigenvalue weighted by Crippen LogP contribution is 2.25. The summed E-state index contributed by atoms with van der Waals surface area (Å²) >= 11 is 0. The average Bonchev–Trinajstić information content (AvgIpc) is 2.94. The van der Waals surface area contributed by atoms with Gasteiger partial charge in [0.2, 0.25) is 0 Å². The molecule has 0 fully saturated rings. The summed E-state index contributed by atoms with van der Waals surface area (Å²) in [6.07, 6.45) is 0. The molecule has 2 rings (SSSR count). The van der Waals surface area contributed by atoms with Crippen molar-refractivity contribution in [2.75, 3.05) is 0 Å². The van der Waals surface area contributed by atoms with Gasteiger partial charge in [-0.05, 0) is 37.5 Å². The van der Waals surface area contributed by atoms with Crippen molar-refractivity contribution >= 4 is 5.97 Å². The molecule has 7 nitrogen and oxygen atoms in total. The number of carbonyl (C=O) groups excluding carboxylic acids is 1. The van der Waals surface area contributed by atoms with Crippen molar-refractivity contribution in [1.82, 2.24) is 25.9 Å². The van der Waals surface area contributed by atoms with Crippen LogP contribution in [-0.2, 0) is 11.3 Å². The van der Waals surface area contributed by atoms with Crippen LogP contribution in [0.3, 0.4) is 0 Å². The van der Waals surface area contributed by atoms with Crippen LogP contribution in [0.5, 0.6) is 5.75 Å². The number of aryl methyl sites for hydroxylation is 2. The molecule has 0 radical (unpaired) electrons. The maximum absolute atomic E-state index is 11.1. The minimum atomic E-state index is -0.308. The Morgan fingerprint density at radius 2 is 2.05 bits per heavy atom. The van der Waals surface area contributed by atoms with E-state index >= 15 is 0 Å². The first-order valence-electron chi connectivity index (χ1n) is 6.72. The van der Waals surface area contributed by atoms with Gasteiger partial charge in [0.25, 0.3) is 0 Å². The zero-order valence-electron chi connectivity index (χ0n) is 12.6. The second-order valence-corrected chi connectivity index (χ2v) is 5.02. The van der Waals surface area contributed by atoms with Crippen LogP contribution in [0.4, 0.5) is 0 Å². The van der Waals surface area contributed by atoms with Gasteiger partial charge in [0.1, 0.15) is 5.75 Å². The van der Waals surface area contributed by atoms with Gasteiger partial charge in [0.05, 0.1) is 6.04 Å². The van der Waals surface area contributed by atoms with E-state index in [0.717, 1.165) is 16.7 Å². The van der Waals surface area contributed by atoms with E-state index in [9.17, 15) is 4.79 Å². The van der Waals surface area contributed by atoms with Crippen molar-refractivity contribution in [3.8, 4) is 5.75 Å². The number of rotatable bonds is 5. The molecule has 1 aromatic carbocycles. The lowest BCUT2D eigenvalue weighted by atomic mass is 10.1. The van der Waals surface area contributed by atoms with Gasteiger partial charge in [-0.2, -0.15) is 5.21 Å². The maximum Gasteiger partial charge on any atom is 0.308 e. The van der Waals surface area contributed by atoms with Crippen LogP contribution < -0.4 is 10.1 Å². The smallest absolute Gasteiger partial charge is 0.308 e. The number of tetrazole rings is 1. The number of esters is 1. The fraction of sp³-hybridized carbons (Fsp3) is 0.429. The SMILES string of the molecule is CC(=O)Oc1c(C)cc(CN[C@@H](C)c2nn[nH]n2)cc1C. The summed E-state index contributed by atoms with van der Waals surface area (Å²) in [5, 5.41) is 17.2. The molecular formula is C14H19N5O2. The van der Waals surface area contributed by atoms with E-state index in [4.69, 9.17) is 4.74 Å². The number of aromatic nitrogens is 4. The van der Waals surface area contributed by atoms with Crippen LogP contribution in [0.25, 0.3) is 0 Å². The van der Waals surface area contributed by atoms with E-state index < -0.39 is 0 Å². The van der Waals surface area contributed by atoms with Crippen LogP contribution in [0.2, 0.25) is 0 Å². The van der Waals surface area contributed by atoms with Gasteiger partial charge in [-0.3, -0.25) is 4.79 Å². The number of hydrogen-bond acceptors (Lipinski definition) is 6. The van der Waals surface area contributed by atoms with Crippen molar-refractivity contribution in [2.24, 2.45) is 0 Å². The number of carbonyl (C=O) groups is 1. The summed E-state index contributed by atoms with van der Waals surface area (Å²) in [5.41, 5.74) is 2.99. The number of H-pyrrole nitrogens is 1. The number of ether oxygens (including phenoxy) is 1. The molecule has 21 heavy (non-hydrogen) atoms. The van der Waals surface area contributed by atoms with Crippen molar-refractivity contribution < 1.29 is 9.53 Å². The third-order valence-corrected chi connectivity index (χ3v) is 3.13. The Balaban J connectivity index is 2.06. The van der Waals surface area contributed by atoms with Gasteiger partial charge in [-0.1, -0.05) is 17.3 Å². The van der Waals surface area contributed by atoms with Crippen molar-refractivity contribution in [1.29, 1.82) is 0 Å². The molecule has 2 N–H and O–H groups in total. The molecule has 0 aliphatic carbocycles. The number of hydrogen-bond donors (Lipinski definition) is 2. The van der Waals surface area contributed by atoms with Gasteiger partial charge >= 0.3 is 5.97 Å². The molecule has 0 spiro atoms. The highest BCUT2D eigenvalue weighted by Gasteiger charge is 2.12. The van der Waals surface area contributed by atoms with E-state index in [1.165, 1.54) is 6.92 Å². The summed E-state index contributed by atoms with van der Waals surface area (Å²) in [5.74, 6) is 0.954. The lowest BCUT2D eigenvalue weighted by molar-refractivity contribution is -0.131. The van der Waals surface area contributed by atoms with E-state index in [1.54, 1.807) is 0 Å². The topological polar surface area (TPSA) is 92.8 Å². The molecule has 0 saturated heterocycles. The van der Waals surface area contributed by atoms with Crippen LogP contribution >= 0.6 is 0 Å². The molecule has 0 amide bonds. The maximum atomic E-state index is 11.1. The summed E-state index contributed by atoms with van der Waals surface area (Å²) < 4.78 is 5.22. The average molecular weight is 289 g/mol. The zero-order chi connectivity index (χ0) is 15.4. The van der Waals surface area contributed by atoms with Crippen LogP contribution in [-0.4, -0.2) is 26.6 Å². The fourth-order valence-electron chi connectivity index (χ4n) is 2.16. The van der Waals surface area contributed by atoms with Gasteiger partial charge in [0, 0.05) is 13.5 Å². The monoisotopic (exact) mass is 289 g/mol. The summed E-state index contributed by atoms with van der Waals surface area (Å²) in [6, 6.07) is 4.00. The molecule has 1 atom stereocenters. The largest absolute Gasteiger partial charge is 0.426 e. The normalized spacial score (nSPS) is 12.2. The first-order valence-corrected chi connectivity index (χ1v) is 6.72. The second kappa shape index (κ2) is 6.45. The minimum absolute atomic E-state index is 0.00231. The second-order valence-electron chi connectivity index (χ2n) is 5.02. The molecule has 1 heterocycles. The first-order chi connectivity index (χ1) is 9.97. The Kier molecular flexibility index (Phi) is 4.64. The molecule has 7 heteroatoms. The van der Waals surface area contributed by atoms with E-state index in [-0.39, 0.29) is 12.0 Å². The molecule has 0 unspecified atom stereocenters. The number of nitrogens with zero attached hydrogens (tertiary/aromatic N) is 3. The third kappa shape index (κ3) is 3.85. The summed E-state index contributed by atoms with van der Waals surface area (Å²) in [4.78, 5) is 11.1. The Labute approximate surface area is 123 Å². The van der Waals surface area contributed by atoms with Crippen LogP contribution in [0.1, 0.15) is 42.4 Å². The predicted molar refractivity (Wildman–Crippen MR) is 76.7 cm³/mol.